The van der Waals surface area contributed by atoms with Crippen LogP contribution < -0.4 is 4.90 Å². The Balaban J connectivity index is 2.10. The van der Waals surface area contributed by atoms with Crippen LogP contribution in [0.15, 0.2) is 18.3 Å². The van der Waals surface area contributed by atoms with Gasteiger partial charge in [0, 0.05) is 24.3 Å². The molecule has 2 rings (SSSR count). The van der Waals surface area contributed by atoms with Gasteiger partial charge in [-0.3, -0.25) is 4.98 Å². The van der Waals surface area contributed by atoms with Gasteiger partial charge in [0.15, 0.2) is 0 Å². The van der Waals surface area contributed by atoms with Gasteiger partial charge in [-0.1, -0.05) is 13.8 Å². The van der Waals surface area contributed by atoms with Gasteiger partial charge >= 0.3 is 0 Å². The van der Waals surface area contributed by atoms with E-state index in [1.54, 1.807) is 0 Å². The minimum Gasteiger partial charge on any atom is -0.370 e. The number of pyridine rings is 1. The average molecular weight is 289 g/mol. The second-order valence-corrected chi connectivity index (χ2v) is 7.43. The molecule has 1 saturated heterocycles. The van der Waals surface area contributed by atoms with E-state index in [9.17, 15) is 0 Å². The Bertz CT molecular complexity index is 448. The predicted octanol–water partition coefficient (Wildman–Crippen LogP) is 3.76. The number of anilines is 1. The van der Waals surface area contributed by atoms with Crippen molar-refractivity contribution in [3.63, 3.8) is 0 Å². The van der Waals surface area contributed by atoms with Crippen LogP contribution in [0, 0.1) is 5.92 Å². The van der Waals surface area contributed by atoms with Gasteiger partial charge in [-0.15, -0.1) is 0 Å². The van der Waals surface area contributed by atoms with E-state index in [0.717, 1.165) is 13.1 Å². The van der Waals surface area contributed by atoms with E-state index in [2.05, 4.69) is 74.9 Å². The number of nitrogens with zero attached hydrogens (tertiary/aromatic N) is 3. The Morgan fingerprint density at radius 3 is 2.52 bits per heavy atom. The minimum atomic E-state index is 0.240. The summed E-state index contributed by atoms with van der Waals surface area (Å²) in [6.07, 6.45) is 4.65. The number of piperidine rings is 1. The Hall–Kier alpha value is -1.09. The molecule has 0 radical (unpaired) electrons. The maximum absolute atomic E-state index is 4.62. The van der Waals surface area contributed by atoms with Crippen LogP contribution in [-0.4, -0.2) is 42.6 Å². The van der Waals surface area contributed by atoms with Crippen molar-refractivity contribution in [1.29, 1.82) is 0 Å². The molecule has 0 aromatic carbocycles. The number of rotatable bonds is 4. The first-order valence-electron chi connectivity index (χ1n) is 8.20. The normalized spacial score (nSPS) is 20.4. The van der Waals surface area contributed by atoms with E-state index in [4.69, 9.17) is 0 Å². The first kappa shape index (κ1) is 16.3. The van der Waals surface area contributed by atoms with Gasteiger partial charge in [0.25, 0.3) is 0 Å². The molecule has 0 saturated carbocycles. The van der Waals surface area contributed by atoms with E-state index in [0.29, 0.717) is 11.8 Å². The summed E-state index contributed by atoms with van der Waals surface area (Å²) >= 11 is 0. The Labute approximate surface area is 130 Å². The number of hydrogen-bond donors (Lipinski definition) is 0. The predicted molar refractivity (Wildman–Crippen MR) is 91.0 cm³/mol. The van der Waals surface area contributed by atoms with E-state index in [-0.39, 0.29) is 5.54 Å². The zero-order valence-corrected chi connectivity index (χ0v) is 14.6. The van der Waals surface area contributed by atoms with Crippen molar-refractivity contribution >= 4 is 5.69 Å². The van der Waals surface area contributed by atoms with Gasteiger partial charge in [0.2, 0.25) is 0 Å². The van der Waals surface area contributed by atoms with Gasteiger partial charge in [0.1, 0.15) is 0 Å². The molecule has 1 aromatic rings. The maximum atomic E-state index is 4.62. The molecule has 3 nitrogen and oxygen atoms in total. The third kappa shape index (κ3) is 3.57. The second kappa shape index (κ2) is 6.35. The molecule has 0 amide bonds. The van der Waals surface area contributed by atoms with Gasteiger partial charge in [-0.25, -0.2) is 0 Å². The maximum Gasteiger partial charge on any atom is 0.0553 e. The molecule has 1 aliphatic heterocycles. The highest BCUT2D eigenvalue weighted by Crippen LogP contribution is 2.32. The van der Waals surface area contributed by atoms with E-state index in [1.165, 1.54) is 24.2 Å². The lowest BCUT2D eigenvalue weighted by Crippen LogP contribution is -2.51. The summed E-state index contributed by atoms with van der Waals surface area (Å²) in [5, 5.41) is 0. The summed E-state index contributed by atoms with van der Waals surface area (Å²) in [6, 6.07) is 4.42. The topological polar surface area (TPSA) is 19.4 Å². The molecular weight excluding hydrogens is 258 g/mol. The number of hydrogen-bond acceptors (Lipinski definition) is 3. The van der Waals surface area contributed by atoms with Crippen molar-refractivity contribution in [2.45, 2.75) is 52.0 Å². The van der Waals surface area contributed by atoms with Crippen LogP contribution in [0.2, 0.25) is 0 Å². The van der Waals surface area contributed by atoms with Crippen molar-refractivity contribution in [2.75, 3.05) is 32.1 Å². The van der Waals surface area contributed by atoms with Crippen LogP contribution in [0.5, 0.6) is 0 Å². The summed E-state index contributed by atoms with van der Waals surface area (Å²) in [6.45, 7) is 11.4. The molecule has 21 heavy (non-hydrogen) atoms. The monoisotopic (exact) mass is 289 g/mol. The standard InChI is InChI=1S/C18H31N3/c1-14(2)17-10-9-16(12-19-17)21-11-7-8-15(13-21)18(3,4)20(5)6/h9-10,12,14-15H,7-8,11,13H2,1-6H3. The van der Waals surface area contributed by atoms with Crippen LogP contribution in [0.25, 0.3) is 0 Å². The third-order valence-corrected chi connectivity index (χ3v) is 5.30. The quantitative estimate of drug-likeness (QED) is 0.841. The number of aromatic nitrogens is 1. The molecule has 0 spiro atoms. The van der Waals surface area contributed by atoms with Crippen LogP contribution in [0.4, 0.5) is 5.69 Å². The van der Waals surface area contributed by atoms with Crippen molar-refractivity contribution in [1.82, 2.24) is 9.88 Å². The summed E-state index contributed by atoms with van der Waals surface area (Å²) in [4.78, 5) is 9.50. The Kier molecular flexibility index (Phi) is 4.92. The van der Waals surface area contributed by atoms with Gasteiger partial charge in [-0.2, -0.15) is 0 Å². The molecule has 0 N–H and O–H groups in total. The largest absolute Gasteiger partial charge is 0.370 e. The van der Waals surface area contributed by atoms with Crippen LogP contribution in [-0.2, 0) is 0 Å². The fourth-order valence-electron chi connectivity index (χ4n) is 3.08. The SMILES string of the molecule is CC(C)c1ccc(N2CCCC(C(C)(C)N(C)C)C2)cn1. The molecule has 2 heterocycles. The Morgan fingerprint density at radius 1 is 1.29 bits per heavy atom. The lowest BCUT2D eigenvalue weighted by molar-refractivity contribution is 0.104. The van der Waals surface area contributed by atoms with E-state index >= 15 is 0 Å². The highest BCUT2D eigenvalue weighted by molar-refractivity contribution is 5.45. The molecule has 3 heteroatoms. The smallest absolute Gasteiger partial charge is 0.0553 e. The van der Waals surface area contributed by atoms with E-state index in [1.807, 2.05) is 0 Å². The molecule has 0 bridgehead atoms. The highest BCUT2D eigenvalue weighted by Gasteiger charge is 2.34. The summed E-state index contributed by atoms with van der Waals surface area (Å²) < 4.78 is 0. The molecule has 1 atom stereocenters. The van der Waals surface area contributed by atoms with Gasteiger partial charge in [0.05, 0.1) is 11.9 Å². The zero-order chi connectivity index (χ0) is 15.6. The van der Waals surface area contributed by atoms with Crippen LogP contribution >= 0.6 is 0 Å². The average Bonchev–Trinajstić information content (AvgIpc) is 2.47. The molecule has 1 aromatic heterocycles. The third-order valence-electron chi connectivity index (χ3n) is 5.30. The van der Waals surface area contributed by atoms with Crippen molar-refractivity contribution < 1.29 is 0 Å². The summed E-state index contributed by atoms with van der Waals surface area (Å²) in [7, 11) is 4.38. The van der Waals surface area contributed by atoms with Crippen molar-refractivity contribution in [3.05, 3.63) is 24.0 Å². The molecule has 1 unspecified atom stereocenters. The highest BCUT2D eigenvalue weighted by atomic mass is 15.2. The van der Waals surface area contributed by atoms with Crippen molar-refractivity contribution in [3.8, 4) is 0 Å². The molecule has 0 aliphatic carbocycles. The first-order chi connectivity index (χ1) is 9.82. The van der Waals surface area contributed by atoms with E-state index < -0.39 is 0 Å². The molecule has 1 aliphatic rings. The van der Waals surface area contributed by atoms with Gasteiger partial charge in [-0.05, 0) is 64.8 Å². The van der Waals surface area contributed by atoms with Crippen molar-refractivity contribution in [2.24, 2.45) is 5.92 Å². The fraction of sp³-hybridized carbons (Fsp3) is 0.722. The van der Waals surface area contributed by atoms with Gasteiger partial charge < -0.3 is 9.80 Å². The zero-order valence-electron chi connectivity index (χ0n) is 14.6. The van der Waals surface area contributed by atoms with Crippen LogP contribution in [0.3, 0.4) is 0 Å². The lowest BCUT2D eigenvalue weighted by atomic mass is 9.80. The molecular formula is C18H31N3. The summed E-state index contributed by atoms with van der Waals surface area (Å²) in [5.41, 5.74) is 2.70. The molecule has 118 valence electrons. The fourth-order valence-corrected chi connectivity index (χ4v) is 3.08. The lowest BCUT2D eigenvalue weighted by Gasteiger charge is -2.45. The second-order valence-electron chi connectivity index (χ2n) is 7.43. The van der Waals surface area contributed by atoms with Crippen LogP contribution in [0.1, 0.15) is 52.1 Å². The first-order valence-corrected chi connectivity index (χ1v) is 8.20. The minimum absolute atomic E-state index is 0.240. The Morgan fingerprint density at radius 2 is 2.00 bits per heavy atom. The molecule has 1 fully saturated rings. The summed E-state index contributed by atoms with van der Waals surface area (Å²) in [5.74, 6) is 1.20.